The zero-order valence-corrected chi connectivity index (χ0v) is 21.8. The predicted octanol–water partition coefficient (Wildman–Crippen LogP) is 3.22. The molecule has 1 saturated heterocycles. The average Bonchev–Trinajstić information content (AvgIpc) is 3.67. The van der Waals surface area contributed by atoms with E-state index in [9.17, 15) is 14.7 Å². The normalized spacial score (nSPS) is 22.6. The summed E-state index contributed by atoms with van der Waals surface area (Å²) >= 11 is 6.26. The zero-order chi connectivity index (χ0) is 28.2. The number of hydrogen-bond donors (Lipinski definition) is 3. The lowest BCUT2D eigenvalue weighted by Gasteiger charge is -2.17. The summed E-state index contributed by atoms with van der Waals surface area (Å²) in [6, 6.07) is 4.04. The van der Waals surface area contributed by atoms with Crippen molar-refractivity contribution in [3.05, 3.63) is 51.9 Å². The molecule has 1 aliphatic carbocycles. The molecule has 16 heteroatoms. The van der Waals surface area contributed by atoms with E-state index in [-0.39, 0.29) is 5.65 Å². The van der Waals surface area contributed by atoms with Gasteiger partial charge in [-0.25, -0.2) is 24.5 Å². The number of primary amides is 1. The van der Waals surface area contributed by atoms with Gasteiger partial charge in [0.25, 0.3) is 0 Å². The van der Waals surface area contributed by atoms with Crippen LogP contribution < -0.4 is 15.8 Å². The molecule has 5 rings (SSSR count). The Balaban J connectivity index is 1.36. The third-order valence-electron chi connectivity index (χ3n) is 6.91. The molecular formula is C24H26ClN9O6. The highest BCUT2D eigenvalue weighted by atomic mass is 35.5. The number of ether oxygens (including phenoxy) is 3. The Kier molecular flexibility index (Phi) is 8.16. The van der Waals surface area contributed by atoms with Crippen LogP contribution in [-0.2, 0) is 20.8 Å². The van der Waals surface area contributed by atoms with Crippen molar-refractivity contribution >= 4 is 40.6 Å². The number of aliphatic hydroxyl groups excluding tert-OH is 1. The molecule has 1 saturated carbocycles. The van der Waals surface area contributed by atoms with Crippen molar-refractivity contribution in [1.29, 1.82) is 0 Å². The summed E-state index contributed by atoms with van der Waals surface area (Å²) in [6.07, 6.45) is 1.71. The van der Waals surface area contributed by atoms with Crippen LogP contribution in [0.15, 0.2) is 36.0 Å². The first-order valence-electron chi connectivity index (χ1n) is 12.6. The molecule has 210 valence electrons. The number of amides is 1. The molecule has 1 aliphatic heterocycles. The lowest BCUT2D eigenvalue weighted by Crippen LogP contribution is -2.37. The number of aliphatic hydroxyl groups is 1. The fourth-order valence-corrected chi connectivity index (χ4v) is 5.18. The van der Waals surface area contributed by atoms with Gasteiger partial charge < -0.3 is 30.4 Å². The van der Waals surface area contributed by atoms with E-state index in [0.29, 0.717) is 35.4 Å². The Labute approximate surface area is 232 Å². The minimum atomic E-state index is -1.59. The Morgan fingerprint density at radius 3 is 2.85 bits per heavy atom. The van der Waals surface area contributed by atoms with Gasteiger partial charge in [0, 0.05) is 22.0 Å². The van der Waals surface area contributed by atoms with Gasteiger partial charge in [-0.3, -0.25) is 4.57 Å². The van der Waals surface area contributed by atoms with E-state index < -0.39 is 36.5 Å². The van der Waals surface area contributed by atoms with Crippen molar-refractivity contribution in [1.82, 2.24) is 19.5 Å². The minimum Gasteiger partial charge on any atom is -0.493 e. The summed E-state index contributed by atoms with van der Waals surface area (Å²) < 4.78 is 17.5. The number of hydrogen-bond acceptors (Lipinski definition) is 11. The second-order valence-corrected chi connectivity index (χ2v) is 9.92. The van der Waals surface area contributed by atoms with Crippen LogP contribution in [0.25, 0.3) is 21.6 Å². The number of benzene rings is 1. The second kappa shape index (κ2) is 11.9. The molecule has 40 heavy (non-hydrogen) atoms. The van der Waals surface area contributed by atoms with Gasteiger partial charge in [0.1, 0.15) is 24.2 Å². The highest BCUT2D eigenvalue weighted by Gasteiger charge is 2.49. The number of halogens is 1. The van der Waals surface area contributed by atoms with Crippen molar-refractivity contribution in [3.63, 3.8) is 0 Å². The van der Waals surface area contributed by atoms with Crippen molar-refractivity contribution in [2.45, 2.75) is 56.7 Å². The number of carbonyl (C=O) groups is 2. The number of aromatic nitrogens is 4. The molecule has 1 aromatic carbocycles. The molecule has 0 bridgehead atoms. The summed E-state index contributed by atoms with van der Waals surface area (Å²) in [4.78, 5) is 38.9. The molecule has 4 N–H and O–H groups in total. The fraction of sp³-hybridized carbons (Fsp3) is 0.458. The van der Waals surface area contributed by atoms with Crippen molar-refractivity contribution in [2.24, 2.45) is 16.8 Å². The maximum Gasteiger partial charge on any atom is 0.412 e. The molecule has 2 aromatic heterocycles. The van der Waals surface area contributed by atoms with Gasteiger partial charge in [-0.05, 0) is 42.5 Å². The van der Waals surface area contributed by atoms with Crippen molar-refractivity contribution in [3.8, 4) is 5.75 Å². The van der Waals surface area contributed by atoms with Gasteiger partial charge in [-0.2, -0.15) is 0 Å². The molecule has 4 atom stereocenters. The summed E-state index contributed by atoms with van der Waals surface area (Å²) in [5, 5.41) is 18.1. The molecule has 2 fully saturated rings. The maximum absolute atomic E-state index is 12.3. The molecule has 15 nitrogen and oxygen atoms in total. The number of esters is 1. The summed E-state index contributed by atoms with van der Waals surface area (Å²) in [6.45, 7) is 0.966. The number of carbonyl (C=O) groups excluding carboxylic acids is 2. The van der Waals surface area contributed by atoms with Crippen LogP contribution in [0.5, 0.6) is 5.75 Å². The van der Waals surface area contributed by atoms with E-state index in [2.05, 4.69) is 35.0 Å². The van der Waals surface area contributed by atoms with E-state index in [1.807, 2.05) is 12.1 Å². The number of rotatable bonds is 9. The summed E-state index contributed by atoms with van der Waals surface area (Å²) in [5.74, 6) is 0.445. The first kappa shape index (κ1) is 27.4. The molecular weight excluding hydrogens is 546 g/mol. The van der Waals surface area contributed by atoms with E-state index in [4.69, 9.17) is 32.3 Å². The predicted molar refractivity (Wildman–Crippen MR) is 140 cm³/mol. The molecule has 0 spiro atoms. The Morgan fingerprint density at radius 2 is 2.10 bits per heavy atom. The van der Waals surface area contributed by atoms with Crippen LogP contribution in [0.1, 0.15) is 37.5 Å². The van der Waals surface area contributed by atoms with Gasteiger partial charge in [-0.15, -0.1) is 0 Å². The molecule has 0 radical (unpaired) electrons. The monoisotopic (exact) mass is 571 g/mol. The number of fused-ring (bicyclic) bond motifs is 1. The quantitative estimate of drug-likeness (QED) is 0.112. The molecule has 4 unspecified atom stereocenters. The highest BCUT2D eigenvalue weighted by molar-refractivity contribution is 6.30. The van der Waals surface area contributed by atoms with Crippen LogP contribution in [-0.4, -0.2) is 61.5 Å². The largest absolute Gasteiger partial charge is 0.493 e. The summed E-state index contributed by atoms with van der Waals surface area (Å²) in [7, 11) is 0. The van der Waals surface area contributed by atoms with Gasteiger partial charge in [-0.1, -0.05) is 29.6 Å². The van der Waals surface area contributed by atoms with E-state index in [1.54, 1.807) is 6.07 Å². The second-order valence-electron chi connectivity index (χ2n) is 9.49. The zero-order valence-electron chi connectivity index (χ0n) is 21.1. The molecule has 1 amide bonds. The van der Waals surface area contributed by atoms with E-state index >= 15 is 0 Å². The first-order chi connectivity index (χ1) is 19.4. The number of nitrogens with one attached hydrogen (secondary N) is 1. The summed E-state index contributed by atoms with van der Waals surface area (Å²) in [5.41, 5.74) is 15.3. The van der Waals surface area contributed by atoms with Gasteiger partial charge in [0.15, 0.2) is 29.3 Å². The van der Waals surface area contributed by atoms with E-state index in [0.717, 1.165) is 11.3 Å². The van der Waals surface area contributed by atoms with Crippen LogP contribution in [0.2, 0.25) is 5.02 Å². The van der Waals surface area contributed by atoms with Crippen LogP contribution >= 0.6 is 11.6 Å². The van der Waals surface area contributed by atoms with E-state index in [1.165, 1.54) is 42.9 Å². The van der Waals surface area contributed by atoms with Crippen molar-refractivity contribution < 1.29 is 28.9 Å². The lowest BCUT2D eigenvalue weighted by atomic mass is 10.1. The highest BCUT2D eigenvalue weighted by Crippen LogP contribution is 2.35. The van der Waals surface area contributed by atoms with Crippen LogP contribution in [0.4, 0.5) is 10.6 Å². The number of nitrogens with two attached hydrogens (primary N) is 1. The number of imidazole rings is 1. The Morgan fingerprint density at radius 1 is 1.30 bits per heavy atom. The van der Waals surface area contributed by atoms with Gasteiger partial charge >= 0.3 is 12.1 Å². The SMILES string of the molecule is [N-]=[N+]=NC1C(C(=O)OC(N)=O)OC(n2cnc3c(NCc4cc(Cl)ccc4OCC4CCCC4)ncnc32)C1O. The van der Waals surface area contributed by atoms with Gasteiger partial charge in [0.05, 0.1) is 12.9 Å². The maximum atomic E-state index is 12.3. The molecule has 3 heterocycles. The van der Waals surface area contributed by atoms with Crippen LogP contribution in [0, 0.1) is 5.92 Å². The topological polar surface area (TPSA) is 212 Å². The Bertz CT molecular complexity index is 1460. The Hall–Kier alpha value is -4.17. The standard InChI is InChI=1S/C24H26ClN9O6/c25-14-5-6-15(38-9-12-3-1-2-4-12)13(7-14)8-28-20-17-21(30-10-29-20)34(11-31-17)22-18(35)16(32-33-27)19(39-22)23(36)40-24(26)37/h5-7,10-12,16,18-19,22,35H,1-4,8-9H2,(H2,26,37)(H,28,29,30). The number of nitrogens with zero attached hydrogens (tertiary/aromatic N) is 7. The third-order valence-corrected chi connectivity index (χ3v) is 7.14. The third kappa shape index (κ3) is 5.72. The van der Waals surface area contributed by atoms with Gasteiger partial charge in [0.2, 0.25) is 0 Å². The minimum absolute atomic E-state index is 0.258. The smallest absolute Gasteiger partial charge is 0.412 e. The average molecular weight is 572 g/mol. The molecule has 2 aliphatic rings. The van der Waals surface area contributed by atoms with Crippen molar-refractivity contribution in [2.75, 3.05) is 11.9 Å². The number of azide groups is 1. The fourth-order valence-electron chi connectivity index (χ4n) is 4.99. The number of anilines is 1. The van der Waals surface area contributed by atoms with Crippen LogP contribution in [0.3, 0.4) is 0 Å². The first-order valence-corrected chi connectivity index (χ1v) is 12.9. The lowest BCUT2D eigenvalue weighted by molar-refractivity contribution is -0.152. The molecule has 3 aromatic rings.